The number of amides is 1. The van der Waals surface area contributed by atoms with Crippen LogP contribution < -0.4 is 10.9 Å². The summed E-state index contributed by atoms with van der Waals surface area (Å²) in [6.07, 6.45) is 2.20. The molecule has 1 aromatic heterocycles. The lowest BCUT2D eigenvalue weighted by molar-refractivity contribution is -0.116. The van der Waals surface area contributed by atoms with E-state index < -0.39 is 10.0 Å². The van der Waals surface area contributed by atoms with Crippen LogP contribution in [0.5, 0.6) is 0 Å². The highest BCUT2D eigenvalue weighted by molar-refractivity contribution is 7.98. The van der Waals surface area contributed by atoms with E-state index in [2.05, 4.69) is 15.3 Å². The second-order valence-electron chi connectivity index (χ2n) is 6.00. The van der Waals surface area contributed by atoms with Crippen molar-refractivity contribution in [1.29, 1.82) is 0 Å². The van der Waals surface area contributed by atoms with Gasteiger partial charge in [-0.1, -0.05) is 11.8 Å². The van der Waals surface area contributed by atoms with Crippen LogP contribution in [0.15, 0.2) is 39.1 Å². The Morgan fingerprint density at radius 1 is 1.26 bits per heavy atom. The van der Waals surface area contributed by atoms with Crippen molar-refractivity contribution in [1.82, 2.24) is 14.3 Å². The van der Waals surface area contributed by atoms with E-state index in [0.717, 1.165) is 4.31 Å². The molecular formula is C17H22N4O4S2. The number of thioether (sulfide) groups is 1. The number of hydrogen-bond acceptors (Lipinski definition) is 6. The summed E-state index contributed by atoms with van der Waals surface area (Å²) in [5, 5.41) is 3.24. The third-order valence-electron chi connectivity index (χ3n) is 3.91. The minimum absolute atomic E-state index is 0.113. The minimum atomic E-state index is -3.51. The fraction of sp³-hybridized carbons (Fsp3) is 0.353. The normalized spacial score (nSPS) is 11.6. The third-order valence-corrected chi connectivity index (χ3v) is 6.32. The Balaban J connectivity index is 2.02. The summed E-state index contributed by atoms with van der Waals surface area (Å²) in [7, 11) is -0.603. The molecule has 0 aliphatic rings. The Labute approximate surface area is 162 Å². The fourth-order valence-corrected chi connectivity index (χ4v) is 3.68. The molecule has 0 radical (unpaired) electrons. The summed E-state index contributed by atoms with van der Waals surface area (Å²) >= 11 is 1.34. The number of anilines is 1. The van der Waals surface area contributed by atoms with Crippen LogP contribution in [0.25, 0.3) is 0 Å². The van der Waals surface area contributed by atoms with Crippen LogP contribution in [0.2, 0.25) is 0 Å². The third kappa shape index (κ3) is 5.18. The zero-order valence-corrected chi connectivity index (χ0v) is 17.2. The number of hydrogen-bond donors (Lipinski definition) is 2. The molecular weight excluding hydrogens is 388 g/mol. The number of nitrogens with zero attached hydrogens (tertiary/aromatic N) is 2. The number of carbonyl (C=O) groups is 1. The van der Waals surface area contributed by atoms with E-state index in [-0.39, 0.29) is 29.2 Å². The number of rotatable bonds is 7. The molecule has 10 heteroatoms. The van der Waals surface area contributed by atoms with Gasteiger partial charge in [-0.3, -0.25) is 9.59 Å². The van der Waals surface area contributed by atoms with Crippen molar-refractivity contribution in [3.63, 3.8) is 0 Å². The summed E-state index contributed by atoms with van der Waals surface area (Å²) < 4.78 is 25.2. The molecule has 0 spiro atoms. The van der Waals surface area contributed by atoms with Crippen molar-refractivity contribution in [2.24, 2.45) is 0 Å². The van der Waals surface area contributed by atoms with Crippen LogP contribution in [-0.4, -0.2) is 48.9 Å². The van der Waals surface area contributed by atoms with E-state index in [4.69, 9.17) is 0 Å². The largest absolute Gasteiger partial charge is 0.326 e. The van der Waals surface area contributed by atoms with Crippen molar-refractivity contribution in [3.05, 3.63) is 45.9 Å². The molecule has 0 unspecified atom stereocenters. The molecule has 2 aromatic rings. The summed E-state index contributed by atoms with van der Waals surface area (Å²) in [5.41, 5.74) is 1.33. The summed E-state index contributed by atoms with van der Waals surface area (Å²) in [5.74, 6) is -0.272. The first-order valence-corrected chi connectivity index (χ1v) is 10.8. The number of aryl methyl sites for hydroxylation is 1. The molecule has 1 aromatic carbocycles. The molecule has 8 nitrogen and oxygen atoms in total. The molecule has 2 N–H and O–H groups in total. The summed E-state index contributed by atoms with van der Waals surface area (Å²) in [4.78, 5) is 31.3. The van der Waals surface area contributed by atoms with Gasteiger partial charge in [-0.05, 0) is 43.9 Å². The van der Waals surface area contributed by atoms with Gasteiger partial charge in [0, 0.05) is 37.5 Å². The van der Waals surface area contributed by atoms with Crippen molar-refractivity contribution in [3.8, 4) is 0 Å². The molecule has 0 atom stereocenters. The van der Waals surface area contributed by atoms with E-state index in [1.807, 2.05) is 6.26 Å². The number of sulfonamides is 1. The predicted molar refractivity (Wildman–Crippen MR) is 106 cm³/mol. The van der Waals surface area contributed by atoms with Gasteiger partial charge in [0.25, 0.3) is 5.56 Å². The van der Waals surface area contributed by atoms with E-state index >= 15 is 0 Å². The number of carbonyl (C=O) groups excluding carboxylic acids is 1. The van der Waals surface area contributed by atoms with Gasteiger partial charge in [0.2, 0.25) is 15.9 Å². The van der Waals surface area contributed by atoms with Crippen LogP contribution in [0.3, 0.4) is 0 Å². The van der Waals surface area contributed by atoms with Crippen molar-refractivity contribution < 1.29 is 13.2 Å². The van der Waals surface area contributed by atoms with Crippen molar-refractivity contribution in [2.45, 2.75) is 29.8 Å². The van der Waals surface area contributed by atoms with Gasteiger partial charge in [0.1, 0.15) is 0 Å². The van der Waals surface area contributed by atoms with Gasteiger partial charge < -0.3 is 10.3 Å². The highest BCUT2D eigenvalue weighted by Crippen LogP contribution is 2.17. The van der Waals surface area contributed by atoms with Gasteiger partial charge in [0.15, 0.2) is 5.16 Å². The maximum Gasteiger partial charge on any atom is 0.254 e. The van der Waals surface area contributed by atoms with Gasteiger partial charge in [-0.2, -0.15) is 0 Å². The SMILES string of the molecule is CSc1nc(C)c(CCC(=O)Nc2ccc(S(=O)(=O)N(C)C)cc2)c(=O)[nH]1. The van der Waals surface area contributed by atoms with Crippen LogP contribution in [0.1, 0.15) is 17.7 Å². The second kappa shape index (κ2) is 8.68. The van der Waals surface area contributed by atoms with Gasteiger partial charge in [-0.15, -0.1) is 0 Å². The van der Waals surface area contributed by atoms with Crippen LogP contribution in [0, 0.1) is 6.92 Å². The van der Waals surface area contributed by atoms with Crippen molar-refractivity contribution in [2.75, 3.05) is 25.7 Å². The average Bonchev–Trinajstić information content (AvgIpc) is 2.61. The van der Waals surface area contributed by atoms with E-state index in [9.17, 15) is 18.0 Å². The maximum absolute atomic E-state index is 12.1. The lowest BCUT2D eigenvalue weighted by Gasteiger charge is -2.12. The summed E-state index contributed by atoms with van der Waals surface area (Å²) in [6.45, 7) is 1.74. The number of aromatic amines is 1. The molecule has 0 saturated heterocycles. The molecule has 0 aliphatic carbocycles. The first-order valence-electron chi connectivity index (χ1n) is 8.11. The minimum Gasteiger partial charge on any atom is -0.326 e. The highest BCUT2D eigenvalue weighted by atomic mass is 32.2. The first kappa shape index (κ1) is 21.1. The first-order chi connectivity index (χ1) is 12.6. The Hall–Kier alpha value is -2.17. The van der Waals surface area contributed by atoms with Crippen LogP contribution in [0.4, 0.5) is 5.69 Å². The molecule has 1 amide bonds. The zero-order chi connectivity index (χ0) is 20.2. The Kier molecular flexibility index (Phi) is 6.79. The quantitative estimate of drug-likeness (QED) is 0.530. The van der Waals surface area contributed by atoms with E-state index in [1.54, 1.807) is 6.92 Å². The fourth-order valence-electron chi connectivity index (χ4n) is 2.36. The Morgan fingerprint density at radius 3 is 2.41 bits per heavy atom. The monoisotopic (exact) mass is 410 g/mol. The molecule has 1 heterocycles. The number of H-pyrrole nitrogens is 1. The number of benzene rings is 1. The molecule has 27 heavy (non-hydrogen) atoms. The number of aromatic nitrogens is 2. The smallest absolute Gasteiger partial charge is 0.254 e. The Bertz CT molecular complexity index is 983. The zero-order valence-electron chi connectivity index (χ0n) is 15.6. The molecule has 0 saturated carbocycles. The lowest BCUT2D eigenvalue weighted by Crippen LogP contribution is -2.22. The van der Waals surface area contributed by atoms with E-state index in [0.29, 0.717) is 22.1 Å². The predicted octanol–water partition coefficient (Wildman–Crippen LogP) is 1.62. The topological polar surface area (TPSA) is 112 Å². The Morgan fingerprint density at radius 2 is 1.89 bits per heavy atom. The summed E-state index contributed by atoms with van der Waals surface area (Å²) in [6, 6.07) is 5.93. The van der Waals surface area contributed by atoms with Crippen LogP contribution in [-0.2, 0) is 21.2 Å². The van der Waals surface area contributed by atoms with Gasteiger partial charge in [-0.25, -0.2) is 17.7 Å². The van der Waals surface area contributed by atoms with Gasteiger partial charge >= 0.3 is 0 Å². The lowest BCUT2D eigenvalue weighted by atomic mass is 10.1. The maximum atomic E-state index is 12.1. The molecule has 0 fully saturated rings. The molecule has 146 valence electrons. The molecule has 0 aliphatic heterocycles. The standard InChI is InChI=1S/C17H22N4O4S2/c1-11-14(16(23)20-17(18-11)26-4)9-10-15(22)19-12-5-7-13(8-6-12)27(24,25)21(2)3/h5-8H,9-10H2,1-4H3,(H,19,22)(H,18,20,23). The molecule has 2 rings (SSSR count). The highest BCUT2D eigenvalue weighted by Gasteiger charge is 2.17. The van der Waals surface area contributed by atoms with Crippen LogP contribution >= 0.6 is 11.8 Å². The average molecular weight is 411 g/mol. The van der Waals surface area contributed by atoms with E-state index in [1.165, 1.54) is 50.1 Å². The van der Waals surface area contributed by atoms with Gasteiger partial charge in [0.05, 0.1) is 4.90 Å². The molecule has 0 bridgehead atoms. The second-order valence-corrected chi connectivity index (χ2v) is 8.95. The van der Waals surface area contributed by atoms with Crippen molar-refractivity contribution >= 4 is 33.4 Å². The number of nitrogens with one attached hydrogen (secondary N) is 2.